The average Bonchev–Trinajstić information content (AvgIpc) is 3.53. The van der Waals surface area contributed by atoms with Gasteiger partial charge < -0.3 is 18.4 Å². The number of benzene rings is 5. The fraction of sp³-hybridized carbons (Fsp3) is 0. The maximum atomic E-state index is 6.78. The molecule has 7 heterocycles. The smallest absolute Gasteiger partial charge is 0.337 e. The van der Waals surface area contributed by atoms with E-state index in [1.807, 2.05) is 0 Å². The molecule has 5 aliphatic heterocycles. The number of hydrogen-bond acceptors (Lipinski definition) is 2. The van der Waals surface area contributed by atoms with E-state index in [1.165, 1.54) is 76.8 Å². The molecule has 170 valence electrons. The lowest BCUT2D eigenvalue weighted by molar-refractivity contribution is 0.465. The van der Waals surface area contributed by atoms with Crippen LogP contribution >= 0.6 is 0 Å². The molecule has 0 spiro atoms. The summed E-state index contributed by atoms with van der Waals surface area (Å²) in [5.74, 6) is 3.71. The summed E-state index contributed by atoms with van der Waals surface area (Å²) in [6.45, 7) is 0.161. The Bertz CT molecular complexity index is 2380. The third kappa shape index (κ3) is 1.55. The molecule has 0 N–H and O–H groups in total. The Hall–Kier alpha value is -4.83. The standard InChI is InChI=1S/C32H14B2N2O2/c1-2-9-21-20(8-1)33-28-23(37-21)14-24-29-25(28)26-30-15(11-12-35(30)33)13-19-18-7-3-6-17-16-5-4-10-22(38-24)27(16)34(29)36(31(17)18)32(19)26/h1-14H. The van der Waals surface area contributed by atoms with Crippen LogP contribution in [0.25, 0.3) is 55.0 Å². The number of fused-ring (bicyclic) bond motifs is 5. The van der Waals surface area contributed by atoms with Gasteiger partial charge in [-0.05, 0) is 52.4 Å². The molecule has 12 rings (SSSR count). The summed E-state index contributed by atoms with van der Waals surface area (Å²) in [7, 11) is 0. The van der Waals surface area contributed by atoms with E-state index in [1.54, 1.807) is 0 Å². The summed E-state index contributed by atoms with van der Waals surface area (Å²) in [6.07, 6.45) is 2.28. The van der Waals surface area contributed by atoms with Gasteiger partial charge >= 0.3 is 13.7 Å². The maximum Gasteiger partial charge on any atom is 0.337 e. The van der Waals surface area contributed by atoms with Crippen LogP contribution in [0.4, 0.5) is 0 Å². The van der Waals surface area contributed by atoms with Crippen LogP contribution < -0.4 is 31.3 Å². The van der Waals surface area contributed by atoms with Crippen LogP contribution in [-0.2, 0) is 0 Å². The first kappa shape index (κ1) is 17.6. The molecule has 2 aromatic heterocycles. The third-order valence-electron chi connectivity index (χ3n) is 9.73. The topological polar surface area (TPSA) is 28.3 Å². The lowest BCUT2D eigenvalue weighted by Crippen LogP contribution is -2.61. The second-order valence-electron chi connectivity index (χ2n) is 11.2. The highest BCUT2D eigenvalue weighted by Crippen LogP contribution is 2.52. The Kier molecular flexibility index (Phi) is 2.43. The maximum absolute atomic E-state index is 6.78. The van der Waals surface area contributed by atoms with E-state index in [0.29, 0.717) is 0 Å². The number of ether oxygens (including phenoxy) is 2. The molecule has 0 amide bonds. The summed E-state index contributed by atoms with van der Waals surface area (Å²) in [5.41, 5.74) is 14.3. The summed E-state index contributed by atoms with van der Waals surface area (Å²) < 4.78 is 18.6. The molecule has 5 aliphatic rings. The largest absolute Gasteiger partial charge is 0.458 e. The van der Waals surface area contributed by atoms with E-state index in [-0.39, 0.29) is 13.7 Å². The first-order valence-electron chi connectivity index (χ1n) is 13.3. The molecular formula is C32H14B2N2O2. The molecule has 0 atom stereocenters. The van der Waals surface area contributed by atoms with E-state index in [9.17, 15) is 0 Å². The molecule has 7 aromatic rings. The number of hydrogen-bond donors (Lipinski definition) is 0. The van der Waals surface area contributed by atoms with Crippen LogP contribution in [-0.4, -0.2) is 22.7 Å². The van der Waals surface area contributed by atoms with E-state index >= 15 is 0 Å². The number of para-hydroxylation sites is 2. The van der Waals surface area contributed by atoms with E-state index in [2.05, 4.69) is 94.0 Å². The molecule has 0 aliphatic carbocycles. The van der Waals surface area contributed by atoms with Gasteiger partial charge in [-0.1, -0.05) is 48.5 Å². The summed E-state index contributed by atoms with van der Waals surface area (Å²) in [4.78, 5) is 0. The molecular weight excluding hydrogens is 466 g/mol. The first-order chi connectivity index (χ1) is 18.9. The highest BCUT2D eigenvalue weighted by Gasteiger charge is 2.51. The monoisotopic (exact) mass is 480 g/mol. The Morgan fingerprint density at radius 2 is 1.37 bits per heavy atom. The number of aromatic nitrogens is 2. The number of rotatable bonds is 0. The van der Waals surface area contributed by atoms with Gasteiger partial charge in [-0.3, -0.25) is 0 Å². The molecule has 0 fully saturated rings. The Morgan fingerprint density at radius 3 is 2.34 bits per heavy atom. The molecule has 0 saturated heterocycles. The molecule has 0 bridgehead atoms. The van der Waals surface area contributed by atoms with Crippen LogP contribution in [0.5, 0.6) is 23.0 Å². The minimum atomic E-state index is 0.0735. The highest BCUT2D eigenvalue weighted by atomic mass is 16.5. The number of nitrogens with zero attached hydrogens (tertiary/aromatic N) is 2. The van der Waals surface area contributed by atoms with Crippen molar-refractivity contribution in [3.63, 3.8) is 0 Å². The quantitative estimate of drug-likeness (QED) is 0.299. The van der Waals surface area contributed by atoms with Crippen LogP contribution in [0.15, 0.2) is 85.1 Å². The van der Waals surface area contributed by atoms with Gasteiger partial charge in [0, 0.05) is 60.9 Å². The fourth-order valence-electron chi connectivity index (χ4n) is 8.52. The molecule has 6 heteroatoms. The fourth-order valence-corrected chi connectivity index (χ4v) is 8.52. The van der Waals surface area contributed by atoms with Gasteiger partial charge in [-0.25, -0.2) is 0 Å². The van der Waals surface area contributed by atoms with Gasteiger partial charge in [0.2, 0.25) is 0 Å². The molecule has 4 nitrogen and oxygen atoms in total. The normalized spacial score (nSPS) is 15.2. The van der Waals surface area contributed by atoms with Crippen molar-refractivity contribution >= 4 is 68.3 Å². The Balaban J connectivity index is 1.43. The predicted octanol–water partition coefficient (Wildman–Crippen LogP) is 4.54. The lowest BCUT2D eigenvalue weighted by Gasteiger charge is -2.42. The van der Waals surface area contributed by atoms with Gasteiger partial charge in [0.05, 0.1) is 0 Å². The van der Waals surface area contributed by atoms with E-state index in [4.69, 9.17) is 9.47 Å². The van der Waals surface area contributed by atoms with Crippen molar-refractivity contribution in [1.29, 1.82) is 0 Å². The van der Waals surface area contributed by atoms with Gasteiger partial charge in [0.25, 0.3) is 0 Å². The third-order valence-corrected chi connectivity index (χ3v) is 9.73. The second-order valence-corrected chi connectivity index (χ2v) is 11.2. The van der Waals surface area contributed by atoms with E-state index < -0.39 is 0 Å². The summed E-state index contributed by atoms with van der Waals surface area (Å²) in [5, 5.41) is 3.96. The first-order valence-corrected chi connectivity index (χ1v) is 13.3. The molecule has 0 radical (unpaired) electrons. The van der Waals surface area contributed by atoms with Crippen molar-refractivity contribution in [1.82, 2.24) is 8.96 Å². The van der Waals surface area contributed by atoms with Gasteiger partial charge in [0.1, 0.15) is 23.0 Å². The highest BCUT2D eigenvalue weighted by molar-refractivity contribution is 6.94. The van der Waals surface area contributed by atoms with Crippen molar-refractivity contribution in [3.8, 4) is 45.3 Å². The van der Waals surface area contributed by atoms with Crippen molar-refractivity contribution in [2.45, 2.75) is 0 Å². The molecule has 38 heavy (non-hydrogen) atoms. The van der Waals surface area contributed by atoms with Crippen molar-refractivity contribution in [2.24, 2.45) is 0 Å². The minimum absolute atomic E-state index is 0.0735. The Labute approximate surface area is 216 Å². The van der Waals surface area contributed by atoms with Crippen LogP contribution in [0.3, 0.4) is 0 Å². The van der Waals surface area contributed by atoms with Crippen molar-refractivity contribution in [2.75, 3.05) is 0 Å². The van der Waals surface area contributed by atoms with Crippen LogP contribution in [0, 0.1) is 0 Å². The summed E-state index contributed by atoms with van der Waals surface area (Å²) in [6, 6.07) is 28.7. The zero-order valence-corrected chi connectivity index (χ0v) is 19.9. The van der Waals surface area contributed by atoms with E-state index in [0.717, 1.165) is 23.0 Å². The molecule has 5 aromatic carbocycles. The van der Waals surface area contributed by atoms with Crippen molar-refractivity contribution in [3.05, 3.63) is 85.1 Å². The zero-order valence-electron chi connectivity index (χ0n) is 19.9. The van der Waals surface area contributed by atoms with Crippen LogP contribution in [0.1, 0.15) is 0 Å². The van der Waals surface area contributed by atoms with Crippen LogP contribution in [0.2, 0.25) is 0 Å². The molecule has 0 saturated carbocycles. The molecule has 0 unspecified atom stereocenters. The van der Waals surface area contributed by atoms with Crippen molar-refractivity contribution < 1.29 is 9.47 Å². The van der Waals surface area contributed by atoms with Gasteiger partial charge in [0.15, 0.2) is 0 Å². The minimum Gasteiger partial charge on any atom is -0.458 e. The lowest BCUT2D eigenvalue weighted by atomic mass is 9.39. The SMILES string of the molecule is c1ccc2c(c1)Oc1cc3c4c5c1B2n1ccc2cc6c7cccc8c7n(c6c-5c21)B4c1c(cccc1-8)O3. The predicted molar refractivity (Wildman–Crippen MR) is 153 cm³/mol. The van der Waals surface area contributed by atoms with Gasteiger partial charge in [-0.2, -0.15) is 0 Å². The second kappa shape index (κ2) is 5.25. The Morgan fingerprint density at radius 1 is 0.553 bits per heavy atom. The summed E-state index contributed by atoms with van der Waals surface area (Å²) >= 11 is 0. The average molecular weight is 480 g/mol. The van der Waals surface area contributed by atoms with Gasteiger partial charge in [-0.15, -0.1) is 0 Å². The zero-order chi connectivity index (χ0) is 24.0.